The number of hydrogen-bond acceptors (Lipinski definition) is 5. The number of nitrogens with one attached hydrogen (secondary N) is 1. The molecule has 0 atom stereocenters. The molecule has 0 aliphatic rings. The van der Waals surface area contributed by atoms with Crippen molar-refractivity contribution in [2.45, 2.75) is 0 Å². The zero-order valence-electron chi connectivity index (χ0n) is 14.6. The van der Waals surface area contributed by atoms with Gasteiger partial charge in [0.25, 0.3) is 0 Å². The minimum Gasteiger partial charge on any atom is -0.493 e. The number of benzene rings is 3. The van der Waals surface area contributed by atoms with Crippen LogP contribution in [-0.4, -0.2) is 19.3 Å². The first kappa shape index (κ1) is 18.7. The molecular weight excluding hydrogens is 408 g/mol. The van der Waals surface area contributed by atoms with Crippen LogP contribution in [0.3, 0.4) is 0 Å². The number of halogens is 1. The van der Waals surface area contributed by atoms with Crippen LogP contribution in [0.5, 0.6) is 11.5 Å². The summed E-state index contributed by atoms with van der Waals surface area (Å²) >= 11 is 3.48. The number of carbonyl (C=O) groups is 1. The topological polar surface area (TPSA) is 59.9 Å². The van der Waals surface area contributed by atoms with Crippen molar-refractivity contribution in [1.82, 2.24) is 0 Å². The summed E-state index contributed by atoms with van der Waals surface area (Å²) in [5, 5.41) is 4.22. The van der Waals surface area contributed by atoms with Gasteiger partial charge in [-0.05, 0) is 52.3 Å². The molecule has 0 saturated heterocycles. The maximum Gasteiger partial charge on any atom is 0.343 e. The molecule has 6 heteroatoms. The Bertz CT molecular complexity index is 944. The van der Waals surface area contributed by atoms with Crippen molar-refractivity contribution >= 4 is 33.8 Å². The molecule has 136 valence electrons. The van der Waals surface area contributed by atoms with Gasteiger partial charge in [-0.1, -0.05) is 36.4 Å². The molecule has 0 aliphatic heterocycles. The molecule has 0 aliphatic carbocycles. The Kier molecular flexibility index (Phi) is 6.22. The third-order valence-electron chi connectivity index (χ3n) is 3.67. The minimum absolute atomic E-state index is 0.325. The number of methoxy groups -OCH3 is 1. The molecule has 0 bridgehead atoms. The standard InChI is InChI=1S/C21H17BrN2O3/c1-26-19-12-16(14-23-24-17-10-6-3-7-11-17)18(22)13-20(19)27-21(25)15-8-4-2-5-9-15/h2-14,24H,1H3. The van der Waals surface area contributed by atoms with Gasteiger partial charge in [0.15, 0.2) is 11.5 Å². The van der Waals surface area contributed by atoms with Gasteiger partial charge in [0, 0.05) is 10.0 Å². The Balaban J connectivity index is 1.77. The smallest absolute Gasteiger partial charge is 0.343 e. The van der Waals surface area contributed by atoms with E-state index >= 15 is 0 Å². The van der Waals surface area contributed by atoms with Gasteiger partial charge in [-0.3, -0.25) is 5.43 Å². The first-order valence-corrected chi connectivity index (χ1v) is 8.95. The Morgan fingerprint density at radius 1 is 1.00 bits per heavy atom. The van der Waals surface area contributed by atoms with Crippen LogP contribution in [0.2, 0.25) is 0 Å². The number of esters is 1. The number of rotatable bonds is 6. The van der Waals surface area contributed by atoms with Gasteiger partial charge in [0.05, 0.1) is 24.6 Å². The number of ether oxygens (including phenoxy) is 2. The number of hydrazone groups is 1. The van der Waals surface area contributed by atoms with Crippen LogP contribution < -0.4 is 14.9 Å². The maximum absolute atomic E-state index is 12.3. The van der Waals surface area contributed by atoms with Crippen LogP contribution in [0.25, 0.3) is 0 Å². The second-order valence-corrected chi connectivity index (χ2v) is 6.37. The van der Waals surface area contributed by atoms with Gasteiger partial charge in [-0.15, -0.1) is 0 Å². The van der Waals surface area contributed by atoms with Gasteiger partial charge in [0.2, 0.25) is 0 Å². The van der Waals surface area contributed by atoms with E-state index in [1.54, 1.807) is 42.6 Å². The zero-order chi connectivity index (χ0) is 19.1. The molecule has 0 unspecified atom stereocenters. The number of nitrogens with zero attached hydrogens (tertiary/aromatic N) is 1. The molecule has 3 aromatic rings. The molecule has 0 fully saturated rings. The van der Waals surface area contributed by atoms with E-state index in [1.807, 2.05) is 36.4 Å². The summed E-state index contributed by atoms with van der Waals surface area (Å²) in [5.41, 5.74) is 5.07. The lowest BCUT2D eigenvalue weighted by Gasteiger charge is -2.11. The van der Waals surface area contributed by atoms with E-state index in [0.717, 1.165) is 15.7 Å². The quantitative estimate of drug-likeness (QED) is 0.258. The Morgan fingerprint density at radius 2 is 1.67 bits per heavy atom. The summed E-state index contributed by atoms with van der Waals surface area (Å²) in [4.78, 5) is 12.3. The van der Waals surface area contributed by atoms with Crippen LogP contribution >= 0.6 is 15.9 Å². The van der Waals surface area contributed by atoms with E-state index in [0.29, 0.717) is 17.1 Å². The zero-order valence-corrected chi connectivity index (χ0v) is 16.1. The molecule has 0 saturated carbocycles. The van der Waals surface area contributed by atoms with Crippen molar-refractivity contribution < 1.29 is 14.3 Å². The molecule has 3 aromatic carbocycles. The number of hydrogen-bond donors (Lipinski definition) is 1. The third-order valence-corrected chi connectivity index (χ3v) is 4.35. The summed E-state index contributed by atoms with van der Waals surface area (Å²) in [5.74, 6) is 0.308. The molecule has 3 rings (SSSR count). The number of para-hydroxylation sites is 1. The summed E-state index contributed by atoms with van der Waals surface area (Å²) in [6.07, 6.45) is 1.66. The van der Waals surface area contributed by atoms with E-state index in [2.05, 4.69) is 26.5 Å². The lowest BCUT2D eigenvalue weighted by atomic mass is 10.2. The summed E-state index contributed by atoms with van der Waals surface area (Å²) in [7, 11) is 1.52. The summed E-state index contributed by atoms with van der Waals surface area (Å²) < 4.78 is 11.6. The van der Waals surface area contributed by atoms with Crippen LogP contribution in [-0.2, 0) is 0 Å². The summed E-state index contributed by atoms with van der Waals surface area (Å²) in [6, 6.07) is 21.8. The molecule has 0 aromatic heterocycles. The van der Waals surface area contributed by atoms with Gasteiger partial charge < -0.3 is 9.47 Å². The van der Waals surface area contributed by atoms with Crippen molar-refractivity contribution in [3.05, 3.63) is 88.4 Å². The van der Waals surface area contributed by atoms with Gasteiger partial charge in [-0.25, -0.2) is 4.79 Å². The molecular formula is C21H17BrN2O3. The molecule has 0 radical (unpaired) electrons. The highest BCUT2D eigenvalue weighted by molar-refractivity contribution is 9.10. The molecule has 27 heavy (non-hydrogen) atoms. The van der Waals surface area contributed by atoms with Crippen molar-refractivity contribution in [3.63, 3.8) is 0 Å². The van der Waals surface area contributed by atoms with Crippen LogP contribution in [0.4, 0.5) is 5.69 Å². The maximum atomic E-state index is 12.3. The minimum atomic E-state index is -0.451. The van der Waals surface area contributed by atoms with E-state index in [4.69, 9.17) is 9.47 Å². The first-order chi connectivity index (χ1) is 13.2. The van der Waals surface area contributed by atoms with Crippen molar-refractivity contribution in [3.8, 4) is 11.5 Å². The summed E-state index contributed by atoms with van der Waals surface area (Å²) in [6.45, 7) is 0. The van der Waals surface area contributed by atoms with Crippen molar-refractivity contribution in [2.24, 2.45) is 5.10 Å². The lowest BCUT2D eigenvalue weighted by Crippen LogP contribution is -2.09. The van der Waals surface area contributed by atoms with Crippen LogP contribution in [0.15, 0.2) is 82.4 Å². The number of carbonyl (C=O) groups excluding carboxylic acids is 1. The largest absolute Gasteiger partial charge is 0.493 e. The van der Waals surface area contributed by atoms with Crippen LogP contribution in [0.1, 0.15) is 15.9 Å². The van der Waals surface area contributed by atoms with E-state index in [1.165, 1.54) is 7.11 Å². The fourth-order valence-electron chi connectivity index (χ4n) is 2.31. The van der Waals surface area contributed by atoms with E-state index < -0.39 is 5.97 Å². The SMILES string of the molecule is COc1cc(C=NNc2ccccc2)c(Br)cc1OC(=O)c1ccccc1. The highest BCUT2D eigenvalue weighted by atomic mass is 79.9. The second kappa shape index (κ2) is 9.00. The van der Waals surface area contributed by atoms with E-state index in [-0.39, 0.29) is 0 Å². The Labute approximate surface area is 165 Å². The highest BCUT2D eigenvalue weighted by Crippen LogP contribution is 2.33. The predicted octanol–water partition coefficient (Wildman–Crippen LogP) is 5.12. The van der Waals surface area contributed by atoms with Crippen molar-refractivity contribution in [2.75, 3.05) is 12.5 Å². The molecule has 0 heterocycles. The molecule has 0 amide bonds. The van der Waals surface area contributed by atoms with Gasteiger partial charge >= 0.3 is 5.97 Å². The monoisotopic (exact) mass is 424 g/mol. The van der Waals surface area contributed by atoms with E-state index in [9.17, 15) is 4.79 Å². The third kappa shape index (κ3) is 4.95. The average Bonchev–Trinajstić information content (AvgIpc) is 2.71. The van der Waals surface area contributed by atoms with Gasteiger partial charge in [0.1, 0.15) is 0 Å². The normalized spacial score (nSPS) is 10.6. The Morgan fingerprint density at radius 3 is 2.33 bits per heavy atom. The average molecular weight is 425 g/mol. The second-order valence-electron chi connectivity index (χ2n) is 5.52. The predicted molar refractivity (Wildman–Crippen MR) is 110 cm³/mol. The molecule has 1 N–H and O–H groups in total. The fraction of sp³-hybridized carbons (Fsp3) is 0.0476. The first-order valence-electron chi connectivity index (χ1n) is 8.16. The Hall–Kier alpha value is -3.12. The number of anilines is 1. The lowest BCUT2D eigenvalue weighted by molar-refractivity contribution is 0.0729. The fourth-order valence-corrected chi connectivity index (χ4v) is 2.74. The molecule has 0 spiro atoms. The highest BCUT2D eigenvalue weighted by Gasteiger charge is 2.14. The molecule has 5 nitrogen and oxygen atoms in total. The van der Waals surface area contributed by atoms with Crippen LogP contribution in [0, 0.1) is 0 Å². The van der Waals surface area contributed by atoms with Gasteiger partial charge in [-0.2, -0.15) is 5.10 Å². The van der Waals surface area contributed by atoms with Crippen molar-refractivity contribution in [1.29, 1.82) is 0 Å².